The summed E-state index contributed by atoms with van der Waals surface area (Å²) in [6.45, 7) is 9.07. The van der Waals surface area contributed by atoms with Crippen molar-refractivity contribution in [3.63, 3.8) is 0 Å². The minimum absolute atomic E-state index is 0.340. The highest BCUT2D eigenvalue weighted by molar-refractivity contribution is 5.02. The largest absolute Gasteiger partial charge is 0.301 e. The maximum atomic E-state index is 9.08. The van der Waals surface area contributed by atoms with Crippen LogP contribution >= 0.6 is 0 Å². The molecule has 0 spiro atoms. The van der Waals surface area contributed by atoms with E-state index in [0.29, 0.717) is 6.42 Å². The summed E-state index contributed by atoms with van der Waals surface area (Å²) in [4.78, 5) is 4.68. The first-order valence-electron chi connectivity index (χ1n) is 6.36. The lowest BCUT2D eigenvalue weighted by Crippen LogP contribution is -2.54. The van der Waals surface area contributed by atoms with Gasteiger partial charge in [0.2, 0.25) is 0 Å². The fourth-order valence-corrected chi connectivity index (χ4v) is 2.14. The first-order chi connectivity index (χ1) is 8.10. The second kappa shape index (κ2) is 6.59. The Balaban J connectivity index is 2.23. The van der Waals surface area contributed by atoms with Crippen molar-refractivity contribution in [1.29, 1.82) is 10.5 Å². The predicted octanol–water partition coefficient (Wildman–Crippen LogP) is 1.60. The number of hydrogen-bond donors (Lipinski definition) is 0. The molecule has 4 nitrogen and oxygen atoms in total. The van der Waals surface area contributed by atoms with Crippen LogP contribution in [0.15, 0.2) is 0 Å². The lowest BCUT2D eigenvalue weighted by Gasteiger charge is -2.40. The summed E-state index contributed by atoms with van der Waals surface area (Å²) >= 11 is 0. The Bertz CT molecular complexity index is 302. The van der Waals surface area contributed by atoms with Crippen molar-refractivity contribution in [3.05, 3.63) is 0 Å². The van der Waals surface area contributed by atoms with E-state index in [1.165, 1.54) is 0 Å². The molecule has 0 bridgehead atoms. The van der Waals surface area contributed by atoms with Gasteiger partial charge in [0.05, 0.1) is 12.1 Å². The molecule has 4 heteroatoms. The molecule has 1 fully saturated rings. The molecule has 0 aromatic heterocycles. The summed E-state index contributed by atoms with van der Waals surface area (Å²) in [6, 6.07) is 4.53. The van der Waals surface area contributed by atoms with E-state index < -0.39 is 0 Å². The van der Waals surface area contributed by atoms with Gasteiger partial charge in [-0.25, -0.2) is 0 Å². The van der Waals surface area contributed by atoms with Gasteiger partial charge in [0.15, 0.2) is 0 Å². The first-order valence-corrected chi connectivity index (χ1v) is 6.36. The lowest BCUT2D eigenvalue weighted by molar-refractivity contribution is 0.0793. The number of piperazine rings is 1. The van der Waals surface area contributed by atoms with Crippen LogP contribution < -0.4 is 0 Å². The standard InChI is InChI=1S/C13H22N4/c1-13(2,12-15)17-10-8-16(9-11-17)7-5-3-4-6-14/h3-5,7-11H2,1-2H3. The zero-order valence-corrected chi connectivity index (χ0v) is 10.9. The molecule has 0 aromatic carbocycles. The van der Waals surface area contributed by atoms with Crippen molar-refractivity contribution < 1.29 is 0 Å². The van der Waals surface area contributed by atoms with E-state index in [2.05, 4.69) is 21.9 Å². The van der Waals surface area contributed by atoms with Crippen molar-refractivity contribution in [1.82, 2.24) is 9.80 Å². The summed E-state index contributed by atoms with van der Waals surface area (Å²) < 4.78 is 0. The van der Waals surface area contributed by atoms with E-state index in [9.17, 15) is 0 Å². The van der Waals surface area contributed by atoms with Crippen LogP contribution in [0.25, 0.3) is 0 Å². The van der Waals surface area contributed by atoms with Gasteiger partial charge in [0.1, 0.15) is 5.54 Å². The van der Waals surface area contributed by atoms with Crippen molar-refractivity contribution >= 4 is 0 Å². The summed E-state index contributed by atoms with van der Waals surface area (Å²) in [7, 11) is 0. The molecular weight excluding hydrogens is 212 g/mol. The van der Waals surface area contributed by atoms with Gasteiger partial charge in [-0.2, -0.15) is 10.5 Å². The molecule has 0 aliphatic carbocycles. The summed E-state index contributed by atoms with van der Waals surface area (Å²) in [5.41, 5.74) is -0.340. The Morgan fingerprint density at radius 2 is 1.71 bits per heavy atom. The maximum absolute atomic E-state index is 9.08. The highest BCUT2D eigenvalue weighted by Gasteiger charge is 2.29. The maximum Gasteiger partial charge on any atom is 0.103 e. The molecule has 1 aliphatic heterocycles. The Kier molecular flexibility index (Phi) is 5.41. The Labute approximate surface area is 104 Å². The number of hydrogen-bond acceptors (Lipinski definition) is 4. The lowest BCUT2D eigenvalue weighted by atomic mass is 10.0. The van der Waals surface area contributed by atoms with Crippen molar-refractivity contribution in [2.45, 2.75) is 38.6 Å². The third kappa shape index (κ3) is 4.34. The normalized spacial score (nSPS) is 18.6. The third-order valence-electron chi connectivity index (χ3n) is 3.45. The fourth-order valence-electron chi connectivity index (χ4n) is 2.14. The molecule has 0 aromatic rings. The predicted molar refractivity (Wildman–Crippen MR) is 67.2 cm³/mol. The van der Waals surface area contributed by atoms with Gasteiger partial charge in [-0.15, -0.1) is 0 Å². The molecule has 0 atom stereocenters. The van der Waals surface area contributed by atoms with Crippen molar-refractivity contribution in [2.24, 2.45) is 0 Å². The van der Waals surface area contributed by atoms with Crippen LogP contribution in [0.2, 0.25) is 0 Å². The zero-order valence-electron chi connectivity index (χ0n) is 10.9. The summed E-state index contributed by atoms with van der Waals surface area (Å²) in [5.74, 6) is 0. The van der Waals surface area contributed by atoms with E-state index >= 15 is 0 Å². The van der Waals surface area contributed by atoms with E-state index in [0.717, 1.165) is 45.6 Å². The minimum Gasteiger partial charge on any atom is -0.301 e. The molecule has 0 saturated carbocycles. The van der Waals surface area contributed by atoms with Crippen molar-refractivity contribution in [2.75, 3.05) is 32.7 Å². The molecule has 0 unspecified atom stereocenters. The van der Waals surface area contributed by atoms with Crippen LogP contribution in [0, 0.1) is 22.7 Å². The average Bonchev–Trinajstić information content (AvgIpc) is 2.35. The van der Waals surface area contributed by atoms with Gasteiger partial charge in [0.25, 0.3) is 0 Å². The molecular formula is C13H22N4. The van der Waals surface area contributed by atoms with Crippen molar-refractivity contribution in [3.8, 4) is 12.1 Å². The number of nitriles is 2. The number of unbranched alkanes of at least 4 members (excludes halogenated alkanes) is 2. The molecule has 0 N–H and O–H groups in total. The van der Waals surface area contributed by atoms with Crippen LogP contribution in [0.4, 0.5) is 0 Å². The Morgan fingerprint density at radius 3 is 2.24 bits per heavy atom. The van der Waals surface area contributed by atoms with Crippen LogP contribution in [0.3, 0.4) is 0 Å². The van der Waals surface area contributed by atoms with E-state index in [-0.39, 0.29) is 5.54 Å². The van der Waals surface area contributed by atoms with Crippen LogP contribution in [0.1, 0.15) is 33.1 Å². The van der Waals surface area contributed by atoms with Gasteiger partial charge < -0.3 is 4.90 Å². The summed E-state index contributed by atoms with van der Waals surface area (Å²) in [5, 5.41) is 17.5. The monoisotopic (exact) mass is 234 g/mol. The molecule has 1 rings (SSSR count). The van der Waals surface area contributed by atoms with Gasteiger partial charge in [-0.05, 0) is 33.2 Å². The zero-order chi connectivity index (χ0) is 12.7. The molecule has 1 aliphatic rings. The third-order valence-corrected chi connectivity index (χ3v) is 3.45. The van der Waals surface area contributed by atoms with Gasteiger partial charge >= 0.3 is 0 Å². The van der Waals surface area contributed by atoms with Gasteiger partial charge in [-0.1, -0.05) is 0 Å². The van der Waals surface area contributed by atoms with Gasteiger partial charge in [-0.3, -0.25) is 4.90 Å². The minimum atomic E-state index is -0.340. The van der Waals surface area contributed by atoms with E-state index in [1.807, 2.05) is 13.8 Å². The fraction of sp³-hybridized carbons (Fsp3) is 0.846. The number of nitrogens with zero attached hydrogens (tertiary/aromatic N) is 4. The molecule has 0 amide bonds. The average molecular weight is 234 g/mol. The molecule has 1 saturated heterocycles. The first kappa shape index (κ1) is 14.0. The Morgan fingerprint density at radius 1 is 1.06 bits per heavy atom. The quantitative estimate of drug-likeness (QED) is 0.678. The second-order valence-corrected chi connectivity index (χ2v) is 5.11. The van der Waals surface area contributed by atoms with E-state index in [1.54, 1.807) is 0 Å². The molecule has 17 heavy (non-hydrogen) atoms. The van der Waals surface area contributed by atoms with Crippen LogP contribution in [-0.2, 0) is 0 Å². The molecule has 94 valence electrons. The second-order valence-electron chi connectivity index (χ2n) is 5.11. The number of rotatable bonds is 5. The summed E-state index contributed by atoms with van der Waals surface area (Å²) in [6.07, 6.45) is 2.77. The molecule has 0 radical (unpaired) electrons. The van der Waals surface area contributed by atoms with Gasteiger partial charge in [0, 0.05) is 32.6 Å². The topological polar surface area (TPSA) is 54.1 Å². The van der Waals surface area contributed by atoms with Crippen LogP contribution in [-0.4, -0.2) is 48.1 Å². The molecule has 1 heterocycles. The highest BCUT2D eigenvalue weighted by Crippen LogP contribution is 2.16. The smallest absolute Gasteiger partial charge is 0.103 e. The van der Waals surface area contributed by atoms with E-state index in [4.69, 9.17) is 10.5 Å². The Hall–Kier alpha value is -1.10. The van der Waals surface area contributed by atoms with Crippen LogP contribution in [0.5, 0.6) is 0 Å². The highest BCUT2D eigenvalue weighted by atomic mass is 15.3. The SMILES string of the molecule is CC(C)(C#N)N1CCN(CCCCC#N)CC1.